The highest BCUT2D eigenvalue weighted by molar-refractivity contribution is 7.15. The predicted molar refractivity (Wildman–Crippen MR) is 105 cm³/mol. The second kappa shape index (κ2) is 7.76. The molecule has 0 unspecified atom stereocenters. The van der Waals surface area contributed by atoms with Crippen LogP contribution in [0, 0.1) is 15.9 Å². The van der Waals surface area contributed by atoms with Crippen molar-refractivity contribution in [3.8, 4) is 11.4 Å². The van der Waals surface area contributed by atoms with Gasteiger partial charge in [-0.1, -0.05) is 24.3 Å². The normalized spacial score (nSPS) is 10.9. The topological polar surface area (TPSA) is 102 Å². The molecule has 146 valence electrons. The smallest absolute Gasteiger partial charge is 0.282 e. The van der Waals surface area contributed by atoms with Gasteiger partial charge in [-0.2, -0.15) is 4.98 Å². The predicted octanol–water partition coefficient (Wildman–Crippen LogP) is 3.48. The van der Waals surface area contributed by atoms with Crippen LogP contribution in [-0.2, 0) is 6.42 Å². The molecule has 2 heterocycles. The van der Waals surface area contributed by atoms with E-state index in [9.17, 15) is 19.3 Å². The van der Waals surface area contributed by atoms with Gasteiger partial charge in [-0.25, -0.2) is 8.91 Å². The number of para-hydroxylation sites is 1. The zero-order valence-electron chi connectivity index (χ0n) is 14.9. The Balaban J connectivity index is 1.48. The number of amides is 1. The monoisotopic (exact) mass is 411 g/mol. The molecule has 0 spiro atoms. The highest BCUT2D eigenvalue weighted by Gasteiger charge is 2.19. The number of benzene rings is 2. The van der Waals surface area contributed by atoms with E-state index in [2.05, 4.69) is 15.4 Å². The van der Waals surface area contributed by atoms with E-state index in [0.717, 1.165) is 5.69 Å². The van der Waals surface area contributed by atoms with Crippen LogP contribution < -0.4 is 5.32 Å². The summed E-state index contributed by atoms with van der Waals surface area (Å²) >= 11 is 1.36. The molecule has 0 aliphatic rings. The van der Waals surface area contributed by atoms with Gasteiger partial charge in [0.1, 0.15) is 11.4 Å². The lowest BCUT2D eigenvalue weighted by atomic mass is 10.1. The quantitative estimate of drug-likeness (QED) is 0.387. The van der Waals surface area contributed by atoms with Crippen molar-refractivity contribution in [1.82, 2.24) is 19.9 Å². The summed E-state index contributed by atoms with van der Waals surface area (Å²) in [6.07, 6.45) is 0.437. The number of nitro groups is 1. The summed E-state index contributed by atoms with van der Waals surface area (Å²) in [6, 6.07) is 12.1. The molecular formula is C19H14FN5O3S. The molecule has 0 atom stereocenters. The maximum Gasteiger partial charge on any atom is 0.282 e. The Labute approximate surface area is 167 Å². The molecule has 10 heteroatoms. The van der Waals surface area contributed by atoms with Crippen LogP contribution in [0.4, 0.5) is 10.1 Å². The molecule has 1 amide bonds. The standard InChI is InChI=1S/C19H14FN5O3S/c20-15-7-3-1-5-13(15)17-22-19-24(23-17)12(11-29-19)9-10-21-18(26)14-6-2-4-8-16(14)25(27)28/h1-8,11H,9-10H2,(H,21,26). The Morgan fingerprint density at radius 1 is 1.21 bits per heavy atom. The first kappa shape index (κ1) is 18.7. The highest BCUT2D eigenvalue weighted by Crippen LogP contribution is 2.23. The van der Waals surface area contributed by atoms with Crippen molar-refractivity contribution in [3.05, 3.63) is 81.1 Å². The number of aromatic nitrogens is 3. The van der Waals surface area contributed by atoms with E-state index in [1.54, 1.807) is 28.8 Å². The van der Waals surface area contributed by atoms with Crippen molar-refractivity contribution in [3.63, 3.8) is 0 Å². The number of thiazole rings is 1. The first-order chi connectivity index (χ1) is 14.0. The Hall–Kier alpha value is -3.66. The van der Waals surface area contributed by atoms with Gasteiger partial charge in [0, 0.05) is 24.4 Å². The van der Waals surface area contributed by atoms with E-state index >= 15 is 0 Å². The minimum absolute atomic E-state index is 0.00978. The van der Waals surface area contributed by atoms with E-state index in [1.165, 1.54) is 35.6 Å². The average molecular weight is 411 g/mol. The molecule has 8 nitrogen and oxygen atoms in total. The zero-order valence-corrected chi connectivity index (χ0v) is 15.7. The van der Waals surface area contributed by atoms with Crippen LogP contribution in [0.3, 0.4) is 0 Å². The van der Waals surface area contributed by atoms with Crippen molar-refractivity contribution < 1.29 is 14.1 Å². The molecular weight excluding hydrogens is 397 g/mol. The third kappa shape index (κ3) is 3.69. The van der Waals surface area contributed by atoms with E-state index in [1.807, 2.05) is 5.38 Å². The van der Waals surface area contributed by atoms with Crippen molar-refractivity contribution in [2.75, 3.05) is 6.54 Å². The van der Waals surface area contributed by atoms with Gasteiger partial charge in [0.2, 0.25) is 4.96 Å². The lowest BCUT2D eigenvalue weighted by Gasteiger charge is -2.05. The number of hydrogen-bond donors (Lipinski definition) is 1. The molecule has 29 heavy (non-hydrogen) atoms. The van der Waals surface area contributed by atoms with Crippen molar-refractivity contribution in [2.45, 2.75) is 6.42 Å². The van der Waals surface area contributed by atoms with Gasteiger partial charge in [0.15, 0.2) is 5.82 Å². The van der Waals surface area contributed by atoms with Crippen molar-refractivity contribution >= 4 is 27.9 Å². The molecule has 2 aromatic heterocycles. The molecule has 0 saturated heterocycles. The van der Waals surface area contributed by atoms with Gasteiger partial charge >= 0.3 is 0 Å². The maximum absolute atomic E-state index is 14.0. The van der Waals surface area contributed by atoms with E-state index in [4.69, 9.17) is 0 Å². The SMILES string of the molecule is O=C(NCCc1csc2nc(-c3ccccc3F)nn12)c1ccccc1[N+](=O)[O-]. The fourth-order valence-corrected chi connectivity index (χ4v) is 3.73. The van der Waals surface area contributed by atoms with E-state index in [0.29, 0.717) is 22.8 Å². The van der Waals surface area contributed by atoms with Crippen LogP contribution in [0.25, 0.3) is 16.3 Å². The minimum Gasteiger partial charge on any atom is -0.351 e. The maximum atomic E-state index is 14.0. The van der Waals surface area contributed by atoms with Gasteiger partial charge in [-0.15, -0.1) is 16.4 Å². The van der Waals surface area contributed by atoms with E-state index in [-0.39, 0.29) is 17.8 Å². The van der Waals surface area contributed by atoms with Crippen LogP contribution >= 0.6 is 11.3 Å². The summed E-state index contributed by atoms with van der Waals surface area (Å²) in [4.78, 5) is 27.7. The van der Waals surface area contributed by atoms with Crippen LogP contribution in [0.1, 0.15) is 16.1 Å². The second-order valence-corrected chi connectivity index (χ2v) is 6.95. The Kier molecular flexibility index (Phi) is 5.00. The third-order valence-electron chi connectivity index (χ3n) is 4.28. The van der Waals surface area contributed by atoms with E-state index < -0.39 is 16.6 Å². The number of rotatable bonds is 6. The zero-order chi connectivity index (χ0) is 20.4. The molecule has 4 aromatic rings. The van der Waals surface area contributed by atoms with Crippen LogP contribution in [0.15, 0.2) is 53.9 Å². The van der Waals surface area contributed by atoms with Gasteiger partial charge in [0.05, 0.1) is 16.2 Å². The summed E-state index contributed by atoms with van der Waals surface area (Å²) in [7, 11) is 0. The van der Waals surface area contributed by atoms with Gasteiger partial charge in [-0.3, -0.25) is 14.9 Å². The summed E-state index contributed by atoms with van der Waals surface area (Å²) in [5.74, 6) is -0.626. The fraction of sp³-hybridized carbons (Fsp3) is 0.105. The number of fused-ring (bicyclic) bond motifs is 1. The number of nitrogens with zero attached hydrogens (tertiary/aromatic N) is 4. The first-order valence-corrected chi connectivity index (χ1v) is 9.52. The lowest BCUT2D eigenvalue weighted by molar-refractivity contribution is -0.385. The molecule has 0 saturated carbocycles. The Morgan fingerprint density at radius 2 is 1.97 bits per heavy atom. The molecule has 0 fully saturated rings. The first-order valence-electron chi connectivity index (χ1n) is 8.64. The molecule has 0 aliphatic heterocycles. The molecule has 0 aliphatic carbocycles. The number of carbonyl (C=O) groups excluding carboxylic acids is 1. The summed E-state index contributed by atoms with van der Waals surface area (Å²) < 4.78 is 15.6. The Morgan fingerprint density at radius 3 is 2.76 bits per heavy atom. The molecule has 4 rings (SSSR count). The highest BCUT2D eigenvalue weighted by atomic mass is 32.1. The fourth-order valence-electron chi connectivity index (χ4n) is 2.88. The summed E-state index contributed by atoms with van der Waals surface area (Å²) in [5, 5.41) is 20.0. The second-order valence-electron chi connectivity index (χ2n) is 6.12. The van der Waals surface area contributed by atoms with Gasteiger partial charge in [-0.05, 0) is 18.2 Å². The number of nitrogens with one attached hydrogen (secondary N) is 1. The van der Waals surface area contributed by atoms with Crippen molar-refractivity contribution in [1.29, 1.82) is 0 Å². The molecule has 1 N–H and O–H groups in total. The number of hydrogen-bond acceptors (Lipinski definition) is 6. The largest absolute Gasteiger partial charge is 0.351 e. The number of carbonyl (C=O) groups is 1. The Bertz CT molecular complexity index is 1220. The third-order valence-corrected chi connectivity index (χ3v) is 5.14. The summed E-state index contributed by atoms with van der Waals surface area (Å²) in [5.41, 5.74) is 0.881. The average Bonchev–Trinajstić information content (AvgIpc) is 3.30. The summed E-state index contributed by atoms with van der Waals surface area (Å²) in [6.45, 7) is 0.256. The molecule has 2 aromatic carbocycles. The van der Waals surface area contributed by atoms with Gasteiger partial charge < -0.3 is 5.32 Å². The number of nitro benzene ring substituents is 1. The lowest BCUT2D eigenvalue weighted by Crippen LogP contribution is -2.26. The molecule has 0 radical (unpaired) electrons. The minimum atomic E-state index is -0.586. The van der Waals surface area contributed by atoms with Crippen LogP contribution in [0.5, 0.6) is 0 Å². The van der Waals surface area contributed by atoms with Crippen LogP contribution in [0.2, 0.25) is 0 Å². The van der Waals surface area contributed by atoms with Crippen molar-refractivity contribution in [2.24, 2.45) is 0 Å². The van der Waals surface area contributed by atoms with Gasteiger partial charge in [0.25, 0.3) is 11.6 Å². The number of halogens is 1. The van der Waals surface area contributed by atoms with Crippen LogP contribution in [-0.4, -0.2) is 32.0 Å². The molecule has 0 bridgehead atoms.